The SMILES string of the molecule is CN1C(=O)c2ccc(NC(=O)CN(CC3CCCCC3)C3CC3)cc2C1=O. The minimum atomic E-state index is -0.317. The average molecular weight is 369 g/mol. The molecular formula is C21H27N3O3. The molecule has 1 aromatic carbocycles. The van der Waals surface area contributed by atoms with Crippen LogP contribution in [0.25, 0.3) is 0 Å². The van der Waals surface area contributed by atoms with Gasteiger partial charge >= 0.3 is 0 Å². The molecule has 0 atom stereocenters. The monoisotopic (exact) mass is 369 g/mol. The lowest BCUT2D eigenvalue weighted by Gasteiger charge is -2.29. The van der Waals surface area contributed by atoms with Crippen molar-refractivity contribution in [3.63, 3.8) is 0 Å². The lowest BCUT2D eigenvalue weighted by molar-refractivity contribution is -0.117. The van der Waals surface area contributed by atoms with E-state index in [2.05, 4.69) is 10.2 Å². The summed E-state index contributed by atoms with van der Waals surface area (Å²) in [6, 6.07) is 5.48. The van der Waals surface area contributed by atoms with Gasteiger partial charge in [-0.15, -0.1) is 0 Å². The smallest absolute Gasteiger partial charge is 0.261 e. The zero-order valence-electron chi connectivity index (χ0n) is 15.9. The number of anilines is 1. The van der Waals surface area contributed by atoms with Crippen LogP contribution < -0.4 is 5.32 Å². The van der Waals surface area contributed by atoms with Gasteiger partial charge in [0.25, 0.3) is 11.8 Å². The molecule has 6 heteroatoms. The van der Waals surface area contributed by atoms with Gasteiger partial charge in [-0.25, -0.2) is 0 Å². The Balaban J connectivity index is 1.38. The first kappa shape index (κ1) is 18.2. The highest BCUT2D eigenvalue weighted by molar-refractivity contribution is 6.21. The number of hydrogen-bond acceptors (Lipinski definition) is 4. The molecule has 1 aromatic rings. The number of amides is 3. The fraction of sp³-hybridized carbons (Fsp3) is 0.571. The molecule has 1 heterocycles. The zero-order valence-corrected chi connectivity index (χ0v) is 15.9. The van der Waals surface area contributed by atoms with E-state index in [9.17, 15) is 14.4 Å². The number of nitrogens with one attached hydrogen (secondary N) is 1. The number of hydrogen-bond donors (Lipinski definition) is 1. The Hall–Kier alpha value is -2.21. The van der Waals surface area contributed by atoms with Crippen LogP contribution >= 0.6 is 0 Å². The van der Waals surface area contributed by atoms with E-state index in [1.165, 1.54) is 52.0 Å². The summed E-state index contributed by atoms with van der Waals surface area (Å²) in [6.45, 7) is 1.41. The predicted octanol–water partition coefficient (Wildman–Crippen LogP) is 2.90. The summed E-state index contributed by atoms with van der Waals surface area (Å²) < 4.78 is 0. The molecule has 144 valence electrons. The second-order valence-corrected chi connectivity index (χ2v) is 8.14. The normalized spacial score (nSPS) is 20.3. The van der Waals surface area contributed by atoms with Crippen molar-refractivity contribution in [3.8, 4) is 0 Å². The van der Waals surface area contributed by atoms with E-state index >= 15 is 0 Å². The molecule has 1 N–H and O–H groups in total. The van der Waals surface area contributed by atoms with Crippen molar-refractivity contribution in [2.45, 2.75) is 51.0 Å². The zero-order chi connectivity index (χ0) is 19.0. The number of rotatable bonds is 6. The fourth-order valence-electron chi connectivity index (χ4n) is 4.31. The third-order valence-electron chi connectivity index (χ3n) is 6.00. The lowest BCUT2D eigenvalue weighted by Crippen LogP contribution is -2.38. The van der Waals surface area contributed by atoms with Crippen LogP contribution in [0.15, 0.2) is 18.2 Å². The molecule has 0 saturated heterocycles. The van der Waals surface area contributed by atoms with E-state index in [1.54, 1.807) is 18.2 Å². The Labute approximate surface area is 159 Å². The van der Waals surface area contributed by atoms with Crippen molar-refractivity contribution in [1.82, 2.24) is 9.80 Å². The van der Waals surface area contributed by atoms with Crippen LogP contribution in [0.3, 0.4) is 0 Å². The first-order valence-corrected chi connectivity index (χ1v) is 10.0. The molecule has 0 radical (unpaired) electrons. The number of imide groups is 1. The topological polar surface area (TPSA) is 69.7 Å². The molecule has 4 rings (SSSR count). The summed E-state index contributed by atoms with van der Waals surface area (Å²) in [4.78, 5) is 40.1. The summed E-state index contributed by atoms with van der Waals surface area (Å²) >= 11 is 0. The van der Waals surface area contributed by atoms with Gasteiger partial charge in [0, 0.05) is 25.3 Å². The average Bonchev–Trinajstić information content (AvgIpc) is 3.49. The molecule has 2 saturated carbocycles. The maximum absolute atomic E-state index is 12.6. The molecule has 3 aliphatic rings. The number of carbonyl (C=O) groups excluding carboxylic acids is 3. The van der Waals surface area contributed by atoms with E-state index in [0.29, 0.717) is 35.3 Å². The molecule has 0 bridgehead atoms. The van der Waals surface area contributed by atoms with Crippen LogP contribution in [0.1, 0.15) is 65.7 Å². The number of benzene rings is 1. The molecule has 2 fully saturated rings. The second-order valence-electron chi connectivity index (χ2n) is 8.14. The van der Waals surface area contributed by atoms with Gasteiger partial charge in [-0.2, -0.15) is 0 Å². The van der Waals surface area contributed by atoms with E-state index < -0.39 is 0 Å². The molecule has 3 amide bonds. The molecule has 0 unspecified atom stereocenters. The molecule has 6 nitrogen and oxygen atoms in total. The molecule has 0 aromatic heterocycles. The van der Waals surface area contributed by atoms with Gasteiger partial charge in [0.1, 0.15) is 0 Å². The van der Waals surface area contributed by atoms with E-state index in [1.807, 2.05) is 0 Å². The number of fused-ring (bicyclic) bond motifs is 1. The van der Waals surface area contributed by atoms with E-state index in [-0.39, 0.29) is 17.7 Å². The summed E-state index contributed by atoms with van der Waals surface area (Å²) in [5, 5.41) is 2.91. The fourth-order valence-corrected chi connectivity index (χ4v) is 4.31. The first-order chi connectivity index (χ1) is 13.0. The highest BCUT2D eigenvalue weighted by Crippen LogP contribution is 2.31. The minimum absolute atomic E-state index is 0.0530. The van der Waals surface area contributed by atoms with Crippen LogP contribution in [0, 0.1) is 5.92 Å². The standard InChI is InChI=1S/C21H27N3O3/c1-23-20(26)17-10-7-15(11-18(17)21(23)27)22-19(25)13-24(16-8-9-16)12-14-5-3-2-4-6-14/h7,10-11,14,16H,2-6,8-9,12-13H2,1H3,(H,22,25). The van der Waals surface area contributed by atoms with Crippen molar-refractivity contribution in [1.29, 1.82) is 0 Å². The van der Waals surface area contributed by atoms with Crippen molar-refractivity contribution in [3.05, 3.63) is 29.3 Å². The van der Waals surface area contributed by atoms with Crippen LogP contribution in [-0.4, -0.2) is 53.7 Å². The Kier molecular flexibility index (Phi) is 5.00. The largest absolute Gasteiger partial charge is 0.325 e. The predicted molar refractivity (Wildman–Crippen MR) is 103 cm³/mol. The maximum Gasteiger partial charge on any atom is 0.261 e. The Morgan fingerprint density at radius 3 is 2.48 bits per heavy atom. The first-order valence-electron chi connectivity index (χ1n) is 10.0. The number of carbonyl (C=O) groups is 3. The maximum atomic E-state index is 12.6. The van der Waals surface area contributed by atoms with Gasteiger partial charge in [-0.1, -0.05) is 19.3 Å². The van der Waals surface area contributed by atoms with Crippen molar-refractivity contribution in [2.24, 2.45) is 5.92 Å². The van der Waals surface area contributed by atoms with Crippen molar-refractivity contribution < 1.29 is 14.4 Å². The summed E-state index contributed by atoms with van der Waals surface area (Å²) in [6.07, 6.45) is 8.88. The Morgan fingerprint density at radius 2 is 1.78 bits per heavy atom. The lowest BCUT2D eigenvalue weighted by atomic mass is 9.89. The van der Waals surface area contributed by atoms with E-state index in [0.717, 1.165) is 11.4 Å². The summed E-state index contributed by atoms with van der Waals surface area (Å²) in [7, 11) is 1.47. The van der Waals surface area contributed by atoms with Crippen LogP contribution in [0.5, 0.6) is 0 Å². The van der Waals surface area contributed by atoms with Crippen molar-refractivity contribution >= 4 is 23.4 Å². The van der Waals surface area contributed by atoms with Crippen LogP contribution in [0.2, 0.25) is 0 Å². The van der Waals surface area contributed by atoms with Crippen LogP contribution in [0.4, 0.5) is 5.69 Å². The van der Waals surface area contributed by atoms with Gasteiger partial charge in [-0.3, -0.25) is 24.2 Å². The van der Waals surface area contributed by atoms with Crippen molar-refractivity contribution in [2.75, 3.05) is 25.5 Å². The van der Waals surface area contributed by atoms with E-state index in [4.69, 9.17) is 0 Å². The van der Waals surface area contributed by atoms with Gasteiger partial charge in [0.15, 0.2) is 0 Å². The molecule has 27 heavy (non-hydrogen) atoms. The molecular weight excluding hydrogens is 342 g/mol. The molecule has 0 spiro atoms. The minimum Gasteiger partial charge on any atom is -0.325 e. The summed E-state index contributed by atoms with van der Waals surface area (Å²) in [5.74, 6) is 0.0531. The third kappa shape index (κ3) is 3.90. The highest BCUT2D eigenvalue weighted by Gasteiger charge is 2.34. The second kappa shape index (κ2) is 7.43. The Morgan fingerprint density at radius 1 is 1.07 bits per heavy atom. The highest BCUT2D eigenvalue weighted by atomic mass is 16.2. The van der Waals surface area contributed by atoms with Gasteiger partial charge in [-0.05, 0) is 49.8 Å². The third-order valence-corrected chi connectivity index (χ3v) is 6.00. The van der Waals surface area contributed by atoms with Gasteiger partial charge in [0.2, 0.25) is 5.91 Å². The molecule has 2 aliphatic carbocycles. The Bertz CT molecular complexity index is 766. The van der Waals surface area contributed by atoms with Gasteiger partial charge in [0.05, 0.1) is 17.7 Å². The van der Waals surface area contributed by atoms with Crippen LogP contribution in [-0.2, 0) is 4.79 Å². The summed E-state index contributed by atoms with van der Waals surface area (Å²) in [5.41, 5.74) is 1.34. The number of nitrogens with zero attached hydrogens (tertiary/aromatic N) is 2. The van der Waals surface area contributed by atoms with Gasteiger partial charge < -0.3 is 5.32 Å². The molecule has 1 aliphatic heterocycles. The quantitative estimate of drug-likeness (QED) is 0.783.